The molecular formula is C17H22N2OS. The molecule has 3 nitrogen and oxygen atoms in total. The Morgan fingerprint density at radius 3 is 3.05 bits per heavy atom. The molecule has 4 heteroatoms. The summed E-state index contributed by atoms with van der Waals surface area (Å²) < 4.78 is 5.30. The Balaban J connectivity index is 1.66. The lowest BCUT2D eigenvalue weighted by Crippen LogP contribution is -2.17. The number of thiophene rings is 1. The fourth-order valence-corrected chi connectivity index (χ4v) is 4.12. The van der Waals surface area contributed by atoms with E-state index in [4.69, 9.17) is 4.74 Å². The zero-order valence-corrected chi connectivity index (χ0v) is 13.5. The third kappa shape index (κ3) is 3.27. The van der Waals surface area contributed by atoms with Crippen LogP contribution in [0.4, 0.5) is 0 Å². The lowest BCUT2D eigenvalue weighted by Gasteiger charge is -2.13. The Morgan fingerprint density at radius 2 is 2.24 bits per heavy atom. The fraction of sp³-hybridized carbons (Fsp3) is 0.471. The number of methoxy groups -OCH3 is 1. The normalized spacial score (nSPS) is 15.5. The molecule has 3 rings (SSSR count). The summed E-state index contributed by atoms with van der Waals surface area (Å²) in [5, 5.41) is 3.59. The third-order valence-corrected chi connectivity index (χ3v) is 5.50. The predicted molar refractivity (Wildman–Crippen MR) is 87.0 cm³/mol. The summed E-state index contributed by atoms with van der Waals surface area (Å²) in [4.78, 5) is 7.29. The molecule has 1 unspecified atom stereocenters. The van der Waals surface area contributed by atoms with Crippen molar-refractivity contribution in [3.63, 3.8) is 0 Å². The van der Waals surface area contributed by atoms with Crippen LogP contribution < -0.4 is 10.1 Å². The van der Waals surface area contributed by atoms with E-state index < -0.39 is 0 Å². The van der Waals surface area contributed by atoms with Gasteiger partial charge in [0.1, 0.15) is 0 Å². The summed E-state index contributed by atoms with van der Waals surface area (Å²) in [6, 6.07) is 6.78. The van der Waals surface area contributed by atoms with Crippen LogP contribution in [0.2, 0.25) is 0 Å². The molecule has 112 valence electrons. The van der Waals surface area contributed by atoms with Gasteiger partial charge < -0.3 is 10.1 Å². The quantitative estimate of drug-likeness (QED) is 0.910. The number of nitrogens with one attached hydrogen (secondary N) is 1. The molecule has 0 radical (unpaired) electrons. The van der Waals surface area contributed by atoms with Crippen molar-refractivity contribution in [1.82, 2.24) is 10.3 Å². The van der Waals surface area contributed by atoms with E-state index in [1.165, 1.54) is 30.6 Å². The van der Waals surface area contributed by atoms with Gasteiger partial charge in [0.2, 0.25) is 5.88 Å². The van der Waals surface area contributed by atoms with Crippen molar-refractivity contribution in [1.29, 1.82) is 0 Å². The maximum atomic E-state index is 5.30. The lowest BCUT2D eigenvalue weighted by atomic mass is 9.99. The number of hydrogen-bond donors (Lipinski definition) is 1. The van der Waals surface area contributed by atoms with E-state index in [2.05, 4.69) is 29.4 Å². The summed E-state index contributed by atoms with van der Waals surface area (Å²) in [6.45, 7) is 3.01. The molecule has 1 aliphatic rings. The average molecular weight is 302 g/mol. The highest BCUT2D eigenvalue weighted by Gasteiger charge is 2.16. The van der Waals surface area contributed by atoms with Gasteiger partial charge in [0.15, 0.2) is 0 Å². The van der Waals surface area contributed by atoms with Gasteiger partial charge >= 0.3 is 0 Å². The van der Waals surface area contributed by atoms with Crippen molar-refractivity contribution in [2.75, 3.05) is 7.11 Å². The number of rotatable bonds is 5. The van der Waals surface area contributed by atoms with Gasteiger partial charge in [0, 0.05) is 34.1 Å². The van der Waals surface area contributed by atoms with E-state index in [0.717, 1.165) is 12.1 Å². The Hall–Kier alpha value is -1.39. The minimum absolute atomic E-state index is 0.366. The Morgan fingerprint density at radius 1 is 1.38 bits per heavy atom. The van der Waals surface area contributed by atoms with Crippen LogP contribution >= 0.6 is 11.3 Å². The van der Waals surface area contributed by atoms with Crippen LogP contribution in [0.1, 0.15) is 46.7 Å². The number of nitrogens with zero attached hydrogens (tertiary/aromatic N) is 1. The molecular weight excluding hydrogens is 280 g/mol. The summed E-state index contributed by atoms with van der Waals surface area (Å²) >= 11 is 1.98. The predicted octanol–water partition coefficient (Wildman–Crippen LogP) is 3.88. The fourth-order valence-electron chi connectivity index (χ4n) is 2.83. The minimum atomic E-state index is 0.366. The Labute approximate surface area is 130 Å². The molecule has 1 N–H and O–H groups in total. The Kier molecular flexibility index (Phi) is 4.56. The van der Waals surface area contributed by atoms with Crippen LogP contribution in [0, 0.1) is 0 Å². The van der Waals surface area contributed by atoms with Crippen LogP contribution in [0.15, 0.2) is 24.4 Å². The standard InChI is InChI=1S/C17H22N2OS/c1-12(16-10-13-6-3-4-8-15(13)21-16)19-11-14-7-5-9-18-17(14)20-2/h5,7,9-10,12,19H,3-4,6,8,11H2,1-2H3. The SMILES string of the molecule is COc1ncccc1CNC(C)c1cc2c(s1)CCCC2. The number of fused-ring (bicyclic) bond motifs is 1. The van der Waals surface area contributed by atoms with Crippen molar-refractivity contribution >= 4 is 11.3 Å². The van der Waals surface area contributed by atoms with Crippen LogP contribution in [0.25, 0.3) is 0 Å². The molecule has 0 aromatic carbocycles. The van der Waals surface area contributed by atoms with Crippen LogP contribution in [0.3, 0.4) is 0 Å². The highest BCUT2D eigenvalue weighted by molar-refractivity contribution is 7.12. The second kappa shape index (κ2) is 6.58. The van der Waals surface area contributed by atoms with Gasteiger partial charge in [0.25, 0.3) is 0 Å². The van der Waals surface area contributed by atoms with Gasteiger partial charge in [-0.2, -0.15) is 0 Å². The van der Waals surface area contributed by atoms with Crippen LogP contribution in [-0.4, -0.2) is 12.1 Å². The molecule has 1 atom stereocenters. The van der Waals surface area contributed by atoms with Crippen molar-refractivity contribution in [2.24, 2.45) is 0 Å². The molecule has 0 aliphatic heterocycles. The molecule has 0 saturated carbocycles. The van der Waals surface area contributed by atoms with Gasteiger partial charge in [-0.15, -0.1) is 11.3 Å². The lowest BCUT2D eigenvalue weighted by molar-refractivity contribution is 0.389. The summed E-state index contributed by atoms with van der Waals surface area (Å²) in [5.74, 6) is 0.711. The van der Waals surface area contributed by atoms with Crippen molar-refractivity contribution < 1.29 is 4.74 Å². The first-order chi connectivity index (χ1) is 10.3. The number of aryl methyl sites for hydroxylation is 2. The molecule has 0 amide bonds. The second-order valence-corrected chi connectivity index (χ2v) is 6.75. The maximum absolute atomic E-state index is 5.30. The van der Waals surface area contributed by atoms with Crippen LogP contribution in [-0.2, 0) is 19.4 Å². The average Bonchev–Trinajstić information content (AvgIpc) is 2.97. The first kappa shape index (κ1) is 14.5. The smallest absolute Gasteiger partial charge is 0.217 e. The largest absolute Gasteiger partial charge is 0.481 e. The van der Waals surface area contributed by atoms with E-state index in [0.29, 0.717) is 11.9 Å². The molecule has 1 aliphatic carbocycles. The molecule has 2 aromatic heterocycles. The van der Waals surface area contributed by atoms with Crippen LogP contribution in [0.5, 0.6) is 5.88 Å². The van der Waals surface area contributed by atoms with Gasteiger partial charge in [-0.1, -0.05) is 6.07 Å². The third-order valence-electron chi connectivity index (χ3n) is 4.08. The van der Waals surface area contributed by atoms with Gasteiger partial charge in [-0.3, -0.25) is 0 Å². The molecule has 2 heterocycles. The maximum Gasteiger partial charge on any atom is 0.217 e. The summed E-state index contributed by atoms with van der Waals surface area (Å²) in [7, 11) is 1.67. The topological polar surface area (TPSA) is 34.1 Å². The van der Waals surface area contributed by atoms with Gasteiger partial charge in [-0.05, 0) is 50.3 Å². The van der Waals surface area contributed by atoms with E-state index in [-0.39, 0.29) is 0 Å². The minimum Gasteiger partial charge on any atom is -0.481 e. The molecule has 0 fully saturated rings. The first-order valence-corrected chi connectivity index (χ1v) is 8.42. The summed E-state index contributed by atoms with van der Waals surface area (Å²) in [5.41, 5.74) is 2.68. The van der Waals surface area contributed by atoms with Crippen molar-refractivity contribution in [3.8, 4) is 5.88 Å². The second-order valence-electron chi connectivity index (χ2n) is 5.58. The Bertz CT molecular complexity index is 585. The molecule has 0 spiro atoms. The molecule has 21 heavy (non-hydrogen) atoms. The number of pyridine rings is 1. The highest BCUT2D eigenvalue weighted by atomic mass is 32.1. The van der Waals surface area contributed by atoms with E-state index in [9.17, 15) is 0 Å². The molecule has 0 bridgehead atoms. The van der Waals surface area contributed by atoms with Gasteiger partial charge in [-0.25, -0.2) is 4.98 Å². The van der Waals surface area contributed by atoms with E-state index in [1.807, 2.05) is 17.4 Å². The highest BCUT2D eigenvalue weighted by Crippen LogP contribution is 2.33. The number of aromatic nitrogens is 1. The summed E-state index contributed by atoms with van der Waals surface area (Å²) in [6.07, 6.45) is 6.98. The number of ether oxygens (including phenoxy) is 1. The molecule has 2 aromatic rings. The van der Waals surface area contributed by atoms with E-state index in [1.54, 1.807) is 23.7 Å². The zero-order valence-electron chi connectivity index (χ0n) is 12.7. The van der Waals surface area contributed by atoms with Gasteiger partial charge in [0.05, 0.1) is 7.11 Å². The van der Waals surface area contributed by atoms with Crippen molar-refractivity contribution in [3.05, 3.63) is 45.3 Å². The molecule has 0 saturated heterocycles. The van der Waals surface area contributed by atoms with E-state index >= 15 is 0 Å². The van der Waals surface area contributed by atoms with Crippen molar-refractivity contribution in [2.45, 2.75) is 45.2 Å². The monoisotopic (exact) mass is 302 g/mol. The first-order valence-electron chi connectivity index (χ1n) is 7.60. The zero-order chi connectivity index (χ0) is 14.7. The number of hydrogen-bond acceptors (Lipinski definition) is 4.